The van der Waals surface area contributed by atoms with E-state index in [2.05, 4.69) is 27.9 Å². The number of carbonyl (C=O) groups excluding carboxylic acids is 1. The zero-order valence-electron chi connectivity index (χ0n) is 15.1. The van der Waals surface area contributed by atoms with Crippen LogP contribution < -0.4 is 10.1 Å². The van der Waals surface area contributed by atoms with E-state index in [0.717, 1.165) is 12.1 Å². The molecule has 0 spiro atoms. The molecule has 162 valence electrons. The molecule has 12 heteroatoms. The number of halogens is 6. The van der Waals surface area contributed by atoms with E-state index in [1.54, 1.807) is 0 Å². The Balaban J connectivity index is 1.95. The van der Waals surface area contributed by atoms with Crippen molar-refractivity contribution in [2.24, 2.45) is 0 Å². The van der Waals surface area contributed by atoms with E-state index < -0.39 is 35.3 Å². The highest BCUT2D eigenvalue weighted by atomic mass is 32.1. The largest absolute Gasteiger partial charge is 0.455 e. The first kappa shape index (κ1) is 22.4. The smallest absolute Gasteiger partial charge is 0.433 e. The van der Waals surface area contributed by atoms with E-state index in [9.17, 15) is 31.1 Å². The van der Waals surface area contributed by atoms with Gasteiger partial charge in [0.2, 0.25) is 0 Å². The molecule has 1 amide bonds. The van der Waals surface area contributed by atoms with Crippen LogP contribution in [0.15, 0.2) is 59.9 Å². The van der Waals surface area contributed by atoms with Crippen LogP contribution in [0.5, 0.6) is 11.5 Å². The standard InChI is InChI=1S/C19H11F6N3O2S/c20-18(21,22)10-1-3-14(17(29)28-11-6-13(31)9-26-7-11)15(5-10)30-12-2-4-16(27-8-12)19(23,24)25/h1-9,31H,(H,28,29). The predicted octanol–water partition coefficient (Wildman–Crippen LogP) is 5.85. The van der Waals surface area contributed by atoms with Gasteiger partial charge in [-0.25, -0.2) is 4.98 Å². The Morgan fingerprint density at radius 2 is 1.68 bits per heavy atom. The molecule has 0 aliphatic carbocycles. The van der Waals surface area contributed by atoms with Gasteiger partial charge in [-0.05, 0) is 36.4 Å². The fourth-order valence-electron chi connectivity index (χ4n) is 2.40. The lowest BCUT2D eigenvalue weighted by Gasteiger charge is -2.15. The zero-order chi connectivity index (χ0) is 22.8. The third-order valence-electron chi connectivity index (χ3n) is 3.79. The molecule has 0 fully saturated rings. The van der Waals surface area contributed by atoms with Crippen LogP contribution >= 0.6 is 12.6 Å². The van der Waals surface area contributed by atoms with Crippen LogP contribution in [0.2, 0.25) is 0 Å². The summed E-state index contributed by atoms with van der Waals surface area (Å²) >= 11 is 4.07. The van der Waals surface area contributed by atoms with Crippen LogP contribution in [-0.4, -0.2) is 15.9 Å². The Bertz CT molecular complexity index is 1100. The number of thiol groups is 1. The minimum atomic E-state index is -4.74. The zero-order valence-corrected chi connectivity index (χ0v) is 16.0. The number of hydrogen-bond acceptors (Lipinski definition) is 5. The first-order valence-electron chi connectivity index (χ1n) is 8.31. The molecule has 0 saturated heterocycles. The molecular weight excluding hydrogens is 448 g/mol. The number of hydrogen-bond donors (Lipinski definition) is 2. The number of ether oxygens (including phenoxy) is 1. The molecule has 2 heterocycles. The number of anilines is 1. The lowest BCUT2D eigenvalue weighted by atomic mass is 10.1. The van der Waals surface area contributed by atoms with Gasteiger partial charge in [-0.2, -0.15) is 26.3 Å². The van der Waals surface area contributed by atoms with E-state index in [0.29, 0.717) is 29.3 Å². The third kappa shape index (κ3) is 5.66. The van der Waals surface area contributed by atoms with E-state index in [1.165, 1.54) is 18.5 Å². The van der Waals surface area contributed by atoms with Crippen molar-refractivity contribution in [3.8, 4) is 11.5 Å². The first-order valence-corrected chi connectivity index (χ1v) is 8.76. The van der Waals surface area contributed by atoms with Crippen molar-refractivity contribution in [3.05, 3.63) is 71.8 Å². The molecular formula is C19H11F6N3O2S. The number of nitrogens with zero attached hydrogens (tertiary/aromatic N) is 2. The summed E-state index contributed by atoms with van der Waals surface area (Å²) in [6.07, 6.45) is -6.05. The lowest BCUT2D eigenvalue weighted by Crippen LogP contribution is -2.15. The van der Waals surface area contributed by atoms with Crippen molar-refractivity contribution in [2.45, 2.75) is 17.2 Å². The molecule has 5 nitrogen and oxygen atoms in total. The topological polar surface area (TPSA) is 64.1 Å². The number of alkyl halides is 6. The number of carbonyl (C=O) groups is 1. The summed E-state index contributed by atoms with van der Waals surface area (Å²) in [6.45, 7) is 0. The predicted molar refractivity (Wildman–Crippen MR) is 100 cm³/mol. The summed E-state index contributed by atoms with van der Waals surface area (Å²) in [4.78, 5) is 20.0. The molecule has 2 aromatic heterocycles. The van der Waals surface area contributed by atoms with Gasteiger partial charge in [0.1, 0.15) is 17.2 Å². The number of nitrogens with one attached hydrogen (secondary N) is 1. The number of rotatable bonds is 4. The minimum absolute atomic E-state index is 0.222. The Labute approximate surface area is 176 Å². The molecule has 1 N–H and O–H groups in total. The fourth-order valence-corrected chi connectivity index (χ4v) is 2.61. The van der Waals surface area contributed by atoms with Crippen molar-refractivity contribution < 1.29 is 35.9 Å². The second kappa shape index (κ2) is 8.46. The Kier molecular flexibility index (Phi) is 6.11. The first-order chi connectivity index (χ1) is 14.4. The molecule has 0 radical (unpaired) electrons. The summed E-state index contributed by atoms with van der Waals surface area (Å²) in [5, 5.41) is 2.44. The van der Waals surface area contributed by atoms with Gasteiger partial charge >= 0.3 is 12.4 Å². The second-order valence-electron chi connectivity index (χ2n) is 6.07. The number of benzene rings is 1. The average Bonchev–Trinajstić information content (AvgIpc) is 2.67. The average molecular weight is 459 g/mol. The maximum absolute atomic E-state index is 13.1. The maximum Gasteiger partial charge on any atom is 0.433 e. The summed E-state index contributed by atoms with van der Waals surface area (Å²) in [6, 6.07) is 5.08. The fraction of sp³-hybridized carbons (Fsp3) is 0.105. The van der Waals surface area contributed by atoms with Crippen molar-refractivity contribution in [2.75, 3.05) is 5.32 Å². The molecule has 0 atom stereocenters. The Hall–Kier alpha value is -3.28. The molecule has 1 aromatic carbocycles. The highest BCUT2D eigenvalue weighted by molar-refractivity contribution is 7.80. The molecule has 3 rings (SSSR count). The second-order valence-corrected chi connectivity index (χ2v) is 6.59. The molecule has 0 saturated carbocycles. The van der Waals surface area contributed by atoms with Gasteiger partial charge in [-0.1, -0.05) is 0 Å². The monoisotopic (exact) mass is 459 g/mol. The lowest BCUT2D eigenvalue weighted by molar-refractivity contribution is -0.141. The summed E-state index contributed by atoms with van der Waals surface area (Å²) < 4.78 is 82.5. The number of aromatic nitrogens is 2. The van der Waals surface area contributed by atoms with E-state index >= 15 is 0 Å². The summed E-state index contributed by atoms with van der Waals surface area (Å²) in [5.74, 6) is -1.64. The molecule has 3 aromatic rings. The minimum Gasteiger partial charge on any atom is -0.455 e. The van der Waals surface area contributed by atoms with Gasteiger partial charge < -0.3 is 10.1 Å². The van der Waals surface area contributed by atoms with Gasteiger partial charge in [0.15, 0.2) is 0 Å². The van der Waals surface area contributed by atoms with E-state index in [-0.39, 0.29) is 17.0 Å². The SMILES string of the molecule is O=C(Nc1cncc(S)c1)c1ccc(C(F)(F)F)cc1Oc1ccc(C(F)(F)F)nc1. The molecule has 31 heavy (non-hydrogen) atoms. The van der Waals surface area contributed by atoms with Crippen LogP contribution in [0.4, 0.5) is 32.0 Å². The normalized spacial score (nSPS) is 11.8. The van der Waals surface area contributed by atoms with Gasteiger partial charge in [-0.3, -0.25) is 9.78 Å². The molecule has 0 aliphatic heterocycles. The molecule has 0 bridgehead atoms. The van der Waals surface area contributed by atoms with Crippen molar-refractivity contribution >= 4 is 24.2 Å². The van der Waals surface area contributed by atoms with Gasteiger partial charge in [0, 0.05) is 11.1 Å². The van der Waals surface area contributed by atoms with E-state index in [4.69, 9.17) is 4.74 Å². The third-order valence-corrected chi connectivity index (χ3v) is 4.03. The molecule has 0 aliphatic rings. The van der Waals surface area contributed by atoms with Gasteiger partial charge in [0.25, 0.3) is 5.91 Å². The van der Waals surface area contributed by atoms with Crippen LogP contribution in [-0.2, 0) is 12.4 Å². The van der Waals surface area contributed by atoms with Crippen molar-refractivity contribution in [1.82, 2.24) is 9.97 Å². The summed E-state index contributed by atoms with van der Waals surface area (Å²) in [5.41, 5.74) is -2.39. The number of pyridine rings is 2. The Morgan fingerprint density at radius 3 is 2.26 bits per heavy atom. The Morgan fingerprint density at radius 1 is 0.935 bits per heavy atom. The van der Waals surface area contributed by atoms with Crippen LogP contribution in [0.1, 0.15) is 21.6 Å². The highest BCUT2D eigenvalue weighted by Crippen LogP contribution is 2.36. The maximum atomic E-state index is 13.1. The van der Waals surface area contributed by atoms with E-state index in [1.807, 2.05) is 0 Å². The quantitative estimate of drug-likeness (QED) is 0.380. The van der Waals surface area contributed by atoms with Crippen LogP contribution in [0.3, 0.4) is 0 Å². The highest BCUT2D eigenvalue weighted by Gasteiger charge is 2.33. The van der Waals surface area contributed by atoms with Gasteiger partial charge in [-0.15, -0.1) is 12.6 Å². The van der Waals surface area contributed by atoms with Crippen LogP contribution in [0, 0.1) is 0 Å². The number of amides is 1. The molecule has 0 unspecified atom stereocenters. The summed E-state index contributed by atoms with van der Waals surface area (Å²) in [7, 11) is 0. The van der Waals surface area contributed by atoms with Crippen molar-refractivity contribution in [3.63, 3.8) is 0 Å². The van der Waals surface area contributed by atoms with Crippen molar-refractivity contribution in [1.29, 1.82) is 0 Å². The van der Waals surface area contributed by atoms with Gasteiger partial charge in [0.05, 0.1) is 29.2 Å². The van der Waals surface area contributed by atoms with Crippen LogP contribution in [0.25, 0.3) is 0 Å².